The quantitative estimate of drug-likeness (QED) is 0.119. The van der Waals surface area contributed by atoms with Crippen molar-refractivity contribution in [1.82, 2.24) is 0 Å². The summed E-state index contributed by atoms with van der Waals surface area (Å²) in [5.74, 6) is 0. The lowest BCUT2D eigenvalue weighted by Gasteiger charge is -2.47. The number of hydrogen-bond acceptors (Lipinski definition) is 3. The third-order valence-corrected chi connectivity index (χ3v) is 21.0. The number of benzene rings is 8. The predicted molar refractivity (Wildman–Crippen MR) is 349 cm³/mol. The van der Waals surface area contributed by atoms with Crippen molar-refractivity contribution >= 4 is 66.9 Å². The maximum absolute atomic E-state index is 2.83. The summed E-state index contributed by atoms with van der Waals surface area (Å²) in [4.78, 5) is 5.59. The molecule has 4 aliphatic rings. The second-order valence-corrected chi connectivity index (χ2v) is 28.2. The van der Waals surface area contributed by atoms with Crippen molar-refractivity contribution < 1.29 is 0 Å². The molecule has 0 saturated heterocycles. The molecule has 8 aromatic carbocycles. The van der Waals surface area contributed by atoms with Gasteiger partial charge in [-0.15, -0.1) is 11.3 Å². The average molecular weight is 1070 g/mol. The molecule has 0 saturated carbocycles. The Hall–Kier alpha value is -6.62. The predicted octanol–water partition coefficient (Wildman–Crippen LogP) is 20.6. The van der Waals surface area contributed by atoms with Gasteiger partial charge in [-0.1, -0.05) is 179 Å². The van der Waals surface area contributed by atoms with E-state index in [2.05, 4.69) is 244 Å². The van der Waals surface area contributed by atoms with E-state index in [1.807, 2.05) is 11.3 Å². The monoisotopic (exact) mass is 1060 g/mol. The van der Waals surface area contributed by atoms with Crippen LogP contribution in [0.15, 0.2) is 152 Å². The number of thiophene rings is 1. The molecule has 1 aromatic heterocycles. The Kier molecular flexibility index (Phi) is 12.9. The van der Waals surface area contributed by atoms with Gasteiger partial charge in [-0.2, -0.15) is 0 Å². The van der Waals surface area contributed by atoms with Gasteiger partial charge in [0.15, 0.2) is 0 Å². The molecule has 0 radical (unpaired) electrons. The summed E-state index contributed by atoms with van der Waals surface area (Å²) >= 11 is 2.03. The van der Waals surface area contributed by atoms with Gasteiger partial charge in [0.2, 0.25) is 0 Å². The van der Waals surface area contributed by atoms with Crippen molar-refractivity contribution in [2.45, 2.75) is 169 Å². The first kappa shape index (κ1) is 52.7. The van der Waals surface area contributed by atoms with Gasteiger partial charge in [-0.3, -0.25) is 0 Å². The second-order valence-electron chi connectivity index (χ2n) is 27.2. The number of fused-ring (bicyclic) bond motifs is 8. The van der Waals surface area contributed by atoms with E-state index in [0.29, 0.717) is 0 Å². The van der Waals surface area contributed by atoms with E-state index in [4.69, 9.17) is 0 Å². The molecule has 0 unspecified atom stereocenters. The van der Waals surface area contributed by atoms with Gasteiger partial charge < -0.3 is 9.71 Å². The minimum atomic E-state index is -0.134. The Labute approximate surface area is 483 Å². The van der Waals surface area contributed by atoms with Crippen LogP contribution in [0.25, 0.3) is 54.6 Å². The normalized spacial score (nSPS) is 16.9. The maximum Gasteiger partial charge on any atom is 0.334 e. The number of unbranched alkanes of at least 4 members (excludes halogenated alkanes) is 2. The molecule has 3 heterocycles. The number of nitrogens with zero attached hydrogens (tertiary/aromatic N) is 2. The van der Waals surface area contributed by atoms with E-state index >= 15 is 0 Å². The van der Waals surface area contributed by atoms with Crippen LogP contribution >= 0.6 is 11.3 Å². The van der Waals surface area contributed by atoms with Crippen LogP contribution in [0.4, 0.5) is 27.8 Å². The zero-order chi connectivity index (χ0) is 55.6. The van der Waals surface area contributed by atoms with E-state index in [-0.39, 0.29) is 28.5 Å². The van der Waals surface area contributed by atoms with Crippen molar-refractivity contribution in [3.8, 4) is 44.5 Å². The van der Waals surface area contributed by atoms with Crippen LogP contribution < -0.4 is 20.6 Å². The van der Waals surface area contributed by atoms with Crippen LogP contribution in [-0.4, -0.2) is 6.85 Å². The standard InChI is InChI=1S/C76H81BN2S/c1-13-15-23-50-27-30-52(31-28-50)54-32-34-57-59-42-55(69-48(3)21-20-22-49(69)4)44-67-70(59)77(79(66(57)43-54)56-33-35-61-62(45-56)74(7,8)38-37-73(61,5)6)71-60-46-63-64(76(11,12)40-39-75(63,9)10)47-68(60)80-72(71)78(67)65-36-29-51(24-16-14-2)41-58(65)53-25-18-17-19-26-53/h17-22,25-36,41-47H,13-16,23-24,37-40H2,1-12H3. The molecule has 0 bridgehead atoms. The molecule has 9 aromatic rings. The Bertz CT molecular complexity index is 3890. The van der Waals surface area contributed by atoms with Crippen LogP contribution in [0.5, 0.6) is 0 Å². The molecule has 0 fully saturated rings. The van der Waals surface area contributed by atoms with E-state index in [1.54, 1.807) is 0 Å². The largest absolute Gasteiger partial charge is 0.376 e. The molecule has 2 aliphatic heterocycles. The van der Waals surface area contributed by atoms with Gasteiger partial charge in [0.1, 0.15) is 0 Å². The van der Waals surface area contributed by atoms with Gasteiger partial charge in [-0.25, -0.2) is 0 Å². The highest BCUT2D eigenvalue weighted by Crippen LogP contribution is 2.56. The molecular weight excluding hydrogens is 984 g/mol. The smallest absolute Gasteiger partial charge is 0.334 e. The molecule has 0 amide bonds. The van der Waals surface area contributed by atoms with Gasteiger partial charge >= 0.3 is 6.85 Å². The number of anilines is 5. The van der Waals surface area contributed by atoms with Crippen molar-refractivity contribution in [2.75, 3.05) is 9.71 Å². The van der Waals surface area contributed by atoms with E-state index in [1.165, 1.54) is 183 Å². The van der Waals surface area contributed by atoms with E-state index in [0.717, 1.165) is 19.3 Å². The SMILES string of the molecule is CCCCc1ccc(-c2ccc3c(c2)N(c2ccc4c(c2)C(C)(C)CCC4(C)C)B2c4c-3cc(-c3c(C)cccc3C)cc4N(c3ccc(CCCC)cc3-c3ccccc3)c3sc4cc5c(cc4c32)C(C)(C)CCC5(C)C)cc1. The van der Waals surface area contributed by atoms with Crippen molar-refractivity contribution in [1.29, 1.82) is 0 Å². The minimum Gasteiger partial charge on any atom is -0.376 e. The lowest BCUT2D eigenvalue weighted by Crippen LogP contribution is -2.61. The summed E-state index contributed by atoms with van der Waals surface area (Å²) in [6.45, 7) is 29.0. The topological polar surface area (TPSA) is 6.48 Å². The summed E-state index contributed by atoms with van der Waals surface area (Å²) in [5.41, 5.74) is 29.8. The molecule has 0 atom stereocenters. The molecular formula is C76H81BN2S. The van der Waals surface area contributed by atoms with Crippen LogP contribution in [0.3, 0.4) is 0 Å². The van der Waals surface area contributed by atoms with Gasteiger partial charge in [0, 0.05) is 32.9 Å². The molecule has 2 aliphatic carbocycles. The summed E-state index contributed by atoms with van der Waals surface area (Å²) in [7, 11) is 0. The number of aryl methyl sites for hydroxylation is 4. The molecule has 80 heavy (non-hydrogen) atoms. The summed E-state index contributed by atoms with van der Waals surface area (Å²) < 4.78 is 1.38. The van der Waals surface area contributed by atoms with Gasteiger partial charge in [-0.05, 0) is 236 Å². The number of hydrogen-bond donors (Lipinski definition) is 0. The first-order valence-electron chi connectivity index (χ1n) is 30.4. The Balaban J connectivity index is 1.18. The Morgan fingerprint density at radius 1 is 0.450 bits per heavy atom. The van der Waals surface area contributed by atoms with Crippen molar-refractivity contribution in [3.63, 3.8) is 0 Å². The average Bonchev–Trinajstić information content (AvgIpc) is 2.32. The molecule has 2 nitrogen and oxygen atoms in total. The highest BCUT2D eigenvalue weighted by atomic mass is 32.1. The Morgan fingerprint density at radius 3 is 1.73 bits per heavy atom. The maximum atomic E-state index is 2.83. The summed E-state index contributed by atoms with van der Waals surface area (Å²) in [6.07, 6.45) is 11.6. The Morgan fingerprint density at radius 2 is 1.05 bits per heavy atom. The molecule has 404 valence electrons. The summed E-state index contributed by atoms with van der Waals surface area (Å²) in [6, 6.07) is 60.7. The molecule has 4 heteroatoms. The van der Waals surface area contributed by atoms with Crippen LogP contribution in [0.1, 0.15) is 165 Å². The number of rotatable bonds is 11. The summed E-state index contributed by atoms with van der Waals surface area (Å²) in [5, 5.41) is 2.72. The fourth-order valence-electron chi connectivity index (χ4n) is 14.8. The van der Waals surface area contributed by atoms with Crippen LogP contribution in [-0.2, 0) is 34.5 Å². The minimum absolute atomic E-state index is 0.0302. The fourth-order valence-corrected chi connectivity index (χ4v) is 16.1. The highest BCUT2D eigenvalue weighted by molar-refractivity contribution is 7.26. The van der Waals surface area contributed by atoms with Crippen molar-refractivity contribution in [2.24, 2.45) is 0 Å². The van der Waals surface area contributed by atoms with Crippen LogP contribution in [0.2, 0.25) is 0 Å². The van der Waals surface area contributed by atoms with Crippen LogP contribution in [0, 0.1) is 13.8 Å². The van der Waals surface area contributed by atoms with E-state index < -0.39 is 0 Å². The fraction of sp³-hybridized carbons (Fsp3) is 0.342. The lowest BCUT2D eigenvalue weighted by atomic mass is 9.43. The van der Waals surface area contributed by atoms with Gasteiger partial charge in [0.05, 0.1) is 10.7 Å². The third-order valence-electron chi connectivity index (χ3n) is 19.8. The molecule has 0 spiro atoms. The first-order chi connectivity index (χ1) is 38.4. The molecule has 0 N–H and O–H groups in total. The highest BCUT2D eigenvalue weighted by Gasteiger charge is 2.49. The first-order valence-corrected chi connectivity index (χ1v) is 31.2. The zero-order valence-electron chi connectivity index (χ0n) is 49.9. The third kappa shape index (κ3) is 8.63. The molecule has 13 rings (SSSR count). The van der Waals surface area contributed by atoms with Crippen molar-refractivity contribution in [3.05, 3.63) is 196 Å². The zero-order valence-corrected chi connectivity index (χ0v) is 50.7. The van der Waals surface area contributed by atoms with Gasteiger partial charge in [0.25, 0.3) is 0 Å². The second kappa shape index (κ2) is 19.5. The lowest BCUT2D eigenvalue weighted by molar-refractivity contribution is 0.332. The van der Waals surface area contributed by atoms with E-state index in [9.17, 15) is 0 Å².